The Hall–Kier alpha value is -1.75. The van der Waals surface area contributed by atoms with Gasteiger partial charge in [0.25, 0.3) is 0 Å². The number of anilines is 1. The minimum absolute atomic E-state index is 0.146. The van der Waals surface area contributed by atoms with Crippen molar-refractivity contribution in [3.8, 4) is 0 Å². The Morgan fingerprint density at radius 3 is 2.89 bits per heavy atom. The van der Waals surface area contributed by atoms with Crippen LogP contribution in [0.15, 0.2) is 30.5 Å². The quantitative estimate of drug-likeness (QED) is 0.921. The van der Waals surface area contributed by atoms with E-state index in [0.717, 1.165) is 4.88 Å². The first-order valence-electron chi connectivity index (χ1n) is 5.61. The summed E-state index contributed by atoms with van der Waals surface area (Å²) in [5.74, 6) is -0.414. The molecule has 0 unspecified atom stereocenters. The van der Waals surface area contributed by atoms with Crippen LogP contribution in [0.3, 0.4) is 0 Å². The third kappa shape index (κ3) is 3.37. The molecule has 0 fully saturated rings. The lowest BCUT2D eigenvalue weighted by Crippen LogP contribution is -2.12. The van der Waals surface area contributed by atoms with Crippen molar-refractivity contribution in [1.29, 1.82) is 0 Å². The highest BCUT2D eigenvalue weighted by Crippen LogP contribution is 2.17. The van der Waals surface area contributed by atoms with Crippen molar-refractivity contribution < 1.29 is 9.18 Å². The third-order valence-electron chi connectivity index (χ3n) is 2.45. The molecule has 18 heavy (non-hydrogen) atoms. The predicted molar refractivity (Wildman–Crippen MR) is 70.2 cm³/mol. The summed E-state index contributed by atoms with van der Waals surface area (Å²) in [6.07, 6.45) is 2.35. The standard InChI is InChI=1S/C13H13FN2OS/c1-9-8-15-13(18-9)16-12(17)7-6-10-4-2-3-5-11(10)14/h2-5,8H,6-7H2,1H3,(H,15,16,17). The van der Waals surface area contributed by atoms with Crippen molar-refractivity contribution >= 4 is 22.4 Å². The van der Waals surface area contributed by atoms with Gasteiger partial charge in [0.2, 0.25) is 5.91 Å². The molecule has 3 nitrogen and oxygen atoms in total. The molecule has 2 rings (SSSR count). The number of nitrogens with one attached hydrogen (secondary N) is 1. The molecule has 1 amide bonds. The average molecular weight is 264 g/mol. The molecule has 0 saturated carbocycles. The predicted octanol–water partition coefficient (Wildman–Crippen LogP) is 3.16. The molecule has 1 heterocycles. The summed E-state index contributed by atoms with van der Waals surface area (Å²) in [6.45, 7) is 1.92. The van der Waals surface area contributed by atoms with E-state index in [-0.39, 0.29) is 18.1 Å². The van der Waals surface area contributed by atoms with Gasteiger partial charge in [-0.15, -0.1) is 11.3 Å². The van der Waals surface area contributed by atoms with Gasteiger partial charge in [-0.1, -0.05) is 18.2 Å². The highest BCUT2D eigenvalue weighted by molar-refractivity contribution is 7.15. The van der Waals surface area contributed by atoms with Crippen LogP contribution in [0, 0.1) is 12.7 Å². The number of aryl methyl sites for hydroxylation is 2. The molecule has 1 N–H and O–H groups in total. The second-order valence-electron chi connectivity index (χ2n) is 3.92. The number of aromatic nitrogens is 1. The maximum absolute atomic E-state index is 13.3. The second-order valence-corrected chi connectivity index (χ2v) is 5.15. The van der Waals surface area contributed by atoms with Crippen LogP contribution < -0.4 is 5.32 Å². The summed E-state index contributed by atoms with van der Waals surface area (Å²) in [5, 5.41) is 3.29. The van der Waals surface area contributed by atoms with Crippen LogP contribution in [-0.4, -0.2) is 10.9 Å². The maximum atomic E-state index is 13.3. The Balaban J connectivity index is 1.87. The van der Waals surface area contributed by atoms with E-state index in [4.69, 9.17) is 0 Å². The number of amides is 1. The van der Waals surface area contributed by atoms with Gasteiger partial charge in [-0.3, -0.25) is 4.79 Å². The molecular weight excluding hydrogens is 251 g/mol. The number of thiazole rings is 1. The van der Waals surface area contributed by atoms with Crippen LogP contribution in [0.1, 0.15) is 16.9 Å². The molecule has 5 heteroatoms. The minimum Gasteiger partial charge on any atom is -0.302 e. The molecular formula is C13H13FN2OS. The zero-order valence-electron chi connectivity index (χ0n) is 9.94. The van der Waals surface area contributed by atoms with E-state index in [1.54, 1.807) is 24.4 Å². The van der Waals surface area contributed by atoms with Crippen LogP contribution in [0.5, 0.6) is 0 Å². The van der Waals surface area contributed by atoms with Crippen molar-refractivity contribution in [3.63, 3.8) is 0 Å². The van der Waals surface area contributed by atoms with Gasteiger partial charge in [0.1, 0.15) is 5.82 Å². The van der Waals surface area contributed by atoms with Crippen LogP contribution >= 0.6 is 11.3 Å². The molecule has 0 radical (unpaired) electrons. The van der Waals surface area contributed by atoms with Gasteiger partial charge >= 0.3 is 0 Å². The number of rotatable bonds is 4. The minimum atomic E-state index is -0.268. The van der Waals surface area contributed by atoms with Crippen molar-refractivity contribution in [2.75, 3.05) is 5.32 Å². The number of halogens is 1. The van der Waals surface area contributed by atoms with Crippen LogP contribution in [-0.2, 0) is 11.2 Å². The highest BCUT2D eigenvalue weighted by Gasteiger charge is 2.07. The monoisotopic (exact) mass is 264 g/mol. The van der Waals surface area contributed by atoms with Crippen molar-refractivity contribution in [1.82, 2.24) is 4.98 Å². The van der Waals surface area contributed by atoms with Crippen LogP contribution in [0.4, 0.5) is 9.52 Å². The van der Waals surface area contributed by atoms with Gasteiger partial charge in [0.15, 0.2) is 5.13 Å². The lowest BCUT2D eigenvalue weighted by Gasteiger charge is -2.03. The molecule has 0 aliphatic heterocycles. The number of carbonyl (C=O) groups is 1. The highest BCUT2D eigenvalue weighted by atomic mass is 32.1. The van der Waals surface area contributed by atoms with Crippen molar-refractivity contribution in [2.45, 2.75) is 19.8 Å². The molecule has 0 bridgehead atoms. The van der Waals surface area contributed by atoms with Crippen LogP contribution in [0.2, 0.25) is 0 Å². The molecule has 0 spiro atoms. The summed E-state index contributed by atoms with van der Waals surface area (Å²) >= 11 is 1.42. The lowest BCUT2D eigenvalue weighted by molar-refractivity contribution is -0.116. The Morgan fingerprint density at radius 2 is 2.22 bits per heavy atom. The summed E-state index contributed by atoms with van der Waals surface area (Å²) in [6, 6.07) is 6.49. The Bertz CT molecular complexity index is 553. The molecule has 1 aromatic heterocycles. The fourth-order valence-electron chi connectivity index (χ4n) is 1.54. The molecule has 0 aliphatic carbocycles. The molecule has 0 saturated heterocycles. The van der Waals surface area contributed by atoms with Gasteiger partial charge in [0, 0.05) is 17.5 Å². The van der Waals surface area contributed by atoms with E-state index in [2.05, 4.69) is 10.3 Å². The molecule has 0 atom stereocenters. The summed E-state index contributed by atoms with van der Waals surface area (Å²) in [7, 11) is 0. The number of nitrogens with zero attached hydrogens (tertiary/aromatic N) is 1. The first-order valence-corrected chi connectivity index (χ1v) is 6.42. The van der Waals surface area contributed by atoms with E-state index >= 15 is 0 Å². The Labute approximate surface area is 109 Å². The van der Waals surface area contributed by atoms with E-state index in [9.17, 15) is 9.18 Å². The molecule has 94 valence electrons. The molecule has 0 aliphatic rings. The smallest absolute Gasteiger partial charge is 0.226 e. The zero-order chi connectivity index (χ0) is 13.0. The first kappa shape index (κ1) is 12.7. The van der Waals surface area contributed by atoms with Gasteiger partial charge in [-0.2, -0.15) is 0 Å². The van der Waals surface area contributed by atoms with Crippen molar-refractivity contribution in [3.05, 3.63) is 46.7 Å². The van der Waals surface area contributed by atoms with E-state index < -0.39 is 0 Å². The Kier molecular flexibility index (Phi) is 4.04. The van der Waals surface area contributed by atoms with E-state index in [0.29, 0.717) is 17.1 Å². The number of hydrogen-bond acceptors (Lipinski definition) is 3. The molecule has 2 aromatic rings. The maximum Gasteiger partial charge on any atom is 0.226 e. The zero-order valence-corrected chi connectivity index (χ0v) is 10.8. The Morgan fingerprint density at radius 1 is 1.44 bits per heavy atom. The van der Waals surface area contributed by atoms with Gasteiger partial charge in [-0.25, -0.2) is 9.37 Å². The van der Waals surface area contributed by atoms with Gasteiger partial charge < -0.3 is 5.32 Å². The van der Waals surface area contributed by atoms with Crippen molar-refractivity contribution in [2.24, 2.45) is 0 Å². The third-order valence-corrected chi connectivity index (χ3v) is 3.28. The summed E-state index contributed by atoms with van der Waals surface area (Å²) < 4.78 is 13.3. The lowest BCUT2D eigenvalue weighted by atomic mass is 10.1. The normalized spacial score (nSPS) is 10.3. The number of hydrogen-bond donors (Lipinski definition) is 1. The number of benzene rings is 1. The number of carbonyl (C=O) groups excluding carboxylic acids is 1. The fourth-order valence-corrected chi connectivity index (χ4v) is 2.22. The fraction of sp³-hybridized carbons (Fsp3) is 0.231. The van der Waals surface area contributed by atoms with Crippen LogP contribution in [0.25, 0.3) is 0 Å². The summed E-state index contributed by atoms with van der Waals surface area (Å²) in [5.41, 5.74) is 0.558. The second kappa shape index (κ2) is 5.73. The van der Waals surface area contributed by atoms with E-state index in [1.165, 1.54) is 17.4 Å². The van der Waals surface area contributed by atoms with Gasteiger partial charge in [-0.05, 0) is 25.0 Å². The largest absolute Gasteiger partial charge is 0.302 e. The first-order chi connectivity index (χ1) is 8.65. The average Bonchev–Trinajstić information content (AvgIpc) is 2.74. The SMILES string of the molecule is Cc1cnc(NC(=O)CCc2ccccc2F)s1. The molecule has 1 aromatic carbocycles. The topological polar surface area (TPSA) is 42.0 Å². The van der Waals surface area contributed by atoms with Gasteiger partial charge in [0.05, 0.1) is 0 Å². The summed E-state index contributed by atoms with van der Waals surface area (Å²) in [4.78, 5) is 16.7. The van der Waals surface area contributed by atoms with E-state index in [1.807, 2.05) is 6.92 Å².